The van der Waals surface area contributed by atoms with Gasteiger partial charge in [-0.3, -0.25) is 0 Å². The zero-order chi connectivity index (χ0) is 10.8. The second-order valence-corrected chi connectivity index (χ2v) is 3.90. The summed E-state index contributed by atoms with van der Waals surface area (Å²) in [5.74, 6) is 0. The summed E-state index contributed by atoms with van der Waals surface area (Å²) in [5, 5.41) is 0. The summed E-state index contributed by atoms with van der Waals surface area (Å²) in [5.41, 5.74) is 3.74. The van der Waals surface area contributed by atoms with E-state index in [0.717, 1.165) is 6.54 Å². The summed E-state index contributed by atoms with van der Waals surface area (Å²) < 4.78 is 2.23. The molecule has 0 amide bonds. The van der Waals surface area contributed by atoms with Crippen molar-refractivity contribution in [3.63, 3.8) is 0 Å². The number of nitrogens with one attached hydrogen (secondary N) is 1. The molecule has 16 heavy (non-hydrogen) atoms. The minimum atomic E-state index is 0.908. The maximum Gasteiger partial charge on any atom is 0.242 e. The van der Waals surface area contributed by atoms with Gasteiger partial charge in [0.25, 0.3) is 0 Å². The second kappa shape index (κ2) is 3.81. The van der Waals surface area contributed by atoms with E-state index in [0.29, 0.717) is 0 Å². The Kier molecular flexibility index (Phi) is 2.18. The number of fused-ring (bicyclic) bond motifs is 1. The van der Waals surface area contributed by atoms with E-state index in [1.54, 1.807) is 0 Å². The van der Waals surface area contributed by atoms with Gasteiger partial charge in [0.05, 0.1) is 0 Å². The van der Waals surface area contributed by atoms with E-state index in [-0.39, 0.29) is 0 Å². The zero-order valence-corrected chi connectivity index (χ0v) is 8.93. The summed E-state index contributed by atoms with van der Waals surface area (Å²) >= 11 is 0. The number of imidazole rings is 1. The van der Waals surface area contributed by atoms with Crippen LogP contribution in [0.5, 0.6) is 0 Å². The highest BCUT2D eigenvalue weighted by molar-refractivity contribution is 5.70. The van der Waals surface area contributed by atoms with Crippen LogP contribution in [0.2, 0.25) is 0 Å². The lowest BCUT2D eigenvalue weighted by atomic mass is 10.2. The molecule has 0 saturated heterocycles. The maximum absolute atomic E-state index is 3.27. The minimum absolute atomic E-state index is 0.908. The van der Waals surface area contributed by atoms with Crippen molar-refractivity contribution >= 4 is 11.0 Å². The highest BCUT2D eigenvalue weighted by Gasteiger charge is 2.08. The molecule has 0 atom stereocenters. The first kappa shape index (κ1) is 9.16. The maximum atomic E-state index is 3.27. The van der Waals surface area contributed by atoms with Gasteiger partial charge >= 0.3 is 0 Å². The van der Waals surface area contributed by atoms with Gasteiger partial charge in [0, 0.05) is 0 Å². The van der Waals surface area contributed by atoms with Gasteiger partial charge in [0.15, 0.2) is 11.0 Å². The minimum Gasteiger partial charge on any atom is -0.243 e. The lowest BCUT2D eigenvalue weighted by Gasteiger charge is -1.97. The Balaban J connectivity index is 2.01. The molecule has 0 fully saturated rings. The molecule has 2 aromatic carbocycles. The average Bonchev–Trinajstić information content (AvgIpc) is 2.74. The van der Waals surface area contributed by atoms with Crippen LogP contribution in [-0.2, 0) is 6.54 Å². The summed E-state index contributed by atoms with van der Waals surface area (Å²) in [4.78, 5) is 3.27. The van der Waals surface area contributed by atoms with Crippen LogP contribution >= 0.6 is 0 Å². The Morgan fingerprint density at radius 3 is 2.50 bits per heavy atom. The van der Waals surface area contributed by atoms with Crippen LogP contribution < -0.4 is 4.57 Å². The second-order valence-electron chi connectivity index (χ2n) is 3.90. The van der Waals surface area contributed by atoms with E-state index in [2.05, 4.69) is 52.0 Å². The third kappa shape index (κ3) is 1.58. The van der Waals surface area contributed by atoms with Gasteiger partial charge in [-0.15, -0.1) is 0 Å². The average molecular weight is 209 g/mol. The van der Waals surface area contributed by atoms with Crippen molar-refractivity contribution in [2.45, 2.75) is 6.54 Å². The van der Waals surface area contributed by atoms with Crippen molar-refractivity contribution in [2.75, 3.05) is 0 Å². The summed E-state index contributed by atoms with van der Waals surface area (Å²) in [6.07, 6.45) is 2.03. The Labute approximate surface area is 94.2 Å². The van der Waals surface area contributed by atoms with E-state index in [9.17, 15) is 0 Å². The summed E-state index contributed by atoms with van der Waals surface area (Å²) in [6.45, 7) is 0.908. The number of para-hydroxylation sites is 2. The van der Waals surface area contributed by atoms with Crippen molar-refractivity contribution in [3.05, 3.63) is 66.5 Å². The van der Waals surface area contributed by atoms with E-state index < -0.39 is 0 Å². The molecule has 3 aromatic rings. The van der Waals surface area contributed by atoms with Crippen molar-refractivity contribution in [3.8, 4) is 0 Å². The molecule has 1 N–H and O–H groups in total. The molecule has 0 aliphatic heterocycles. The first-order chi connectivity index (χ1) is 7.93. The third-order valence-corrected chi connectivity index (χ3v) is 2.79. The van der Waals surface area contributed by atoms with Gasteiger partial charge in [-0.2, -0.15) is 0 Å². The molecule has 1 aromatic heterocycles. The fraction of sp³-hybridized carbons (Fsp3) is 0.0714. The number of aromatic nitrogens is 2. The molecular formula is C14H13N2+. The van der Waals surface area contributed by atoms with Gasteiger partial charge in [-0.25, -0.2) is 9.55 Å². The van der Waals surface area contributed by atoms with E-state index >= 15 is 0 Å². The van der Waals surface area contributed by atoms with Gasteiger partial charge in [-0.05, 0) is 17.7 Å². The first-order valence-corrected chi connectivity index (χ1v) is 5.43. The van der Waals surface area contributed by atoms with Crippen molar-refractivity contribution in [2.24, 2.45) is 0 Å². The fourth-order valence-corrected chi connectivity index (χ4v) is 1.97. The molecule has 0 unspecified atom stereocenters. The van der Waals surface area contributed by atoms with Crippen molar-refractivity contribution < 1.29 is 4.57 Å². The standard InChI is InChI=1S/C14H12N2/c1-2-6-12(7-3-1)10-16-11-15-13-8-4-5-9-14(13)16/h1-9,11H,10H2/p+1. The summed E-state index contributed by atoms with van der Waals surface area (Å²) in [6, 6.07) is 18.8. The van der Waals surface area contributed by atoms with Crippen molar-refractivity contribution in [1.82, 2.24) is 4.98 Å². The van der Waals surface area contributed by atoms with Crippen LogP contribution in [0.25, 0.3) is 11.0 Å². The monoisotopic (exact) mass is 209 g/mol. The van der Waals surface area contributed by atoms with E-state index in [1.165, 1.54) is 16.6 Å². The Morgan fingerprint density at radius 2 is 1.62 bits per heavy atom. The Morgan fingerprint density at radius 1 is 0.875 bits per heavy atom. The molecule has 0 radical (unpaired) electrons. The zero-order valence-electron chi connectivity index (χ0n) is 8.93. The highest BCUT2D eigenvalue weighted by Crippen LogP contribution is 2.07. The van der Waals surface area contributed by atoms with Gasteiger partial charge in [0.2, 0.25) is 6.33 Å². The molecule has 0 saturated carbocycles. The van der Waals surface area contributed by atoms with Crippen LogP contribution in [-0.4, -0.2) is 4.98 Å². The smallest absolute Gasteiger partial charge is 0.242 e. The number of H-pyrrole nitrogens is 1. The lowest BCUT2D eigenvalue weighted by molar-refractivity contribution is -0.662. The molecule has 78 valence electrons. The van der Waals surface area contributed by atoms with Crippen LogP contribution in [0, 0.1) is 0 Å². The summed E-state index contributed by atoms with van der Waals surface area (Å²) in [7, 11) is 0. The lowest BCUT2D eigenvalue weighted by Crippen LogP contribution is -2.32. The Bertz CT molecular complexity index is 596. The molecule has 2 nitrogen and oxygen atoms in total. The molecule has 3 rings (SSSR count). The topological polar surface area (TPSA) is 19.7 Å². The number of benzene rings is 2. The quantitative estimate of drug-likeness (QED) is 0.626. The number of hydrogen-bond acceptors (Lipinski definition) is 0. The van der Waals surface area contributed by atoms with Crippen LogP contribution in [0.15, 0.2) is 60.9 Å². The SMILES string of the molecule is c1ccc(C[n+]2c[nH]c3ccccc32)cc1. The number of rotatable bonds is 2. The third-order valence-electron chi connectivity index (χ3n) is 2.79. The molecule has 0 aliphatic rings. The molecular weight excluding hydrogens is 196 g/mol. The predicted molar refractivity (Wildman–Crippen MR) is 64.0 cm³/mol. The van der Waals surface area contributed by atoms with Gasteiger partial charge in [-0.1, -0.05) is 42.5 Å². The van der Waals surface area contributed by atoms with Crippen LogP contribution in [0.3, 0.4) is 0 Å². The molecule has 2 heteroatoms. The molecule has 0 spiro atoms. The molecule has 0 aliphatic carbocycles. The first-order valence-electron chi connectivity index (χ1n) is 5.43. The number of hydrogen-bond donors (Lipinski definition) is 1. The molecule has 0 bridgehead atoms. The number of nitrogens with zero attached hydrogens (tertiary/aromatic N) is 1. The van der Waals surface area contributed by atoms with Gasteiger partial charge < -0.3 is 0 Å². The highest BCUT2D eigenvalue weighted by atomic mass is 15.0. The largest absolute Gasteiger partial charge is 0.243 e. The van der Waals surface area contributed by atoms with E-state index in [1.807, 2.05) is 18.5 Å². The predicted octanol–water partition coefficient (Wildman–Crippen LogP) is 2.50. The van der Waals surface area contributed by atoms with E-state index in [4.69, 9.17) is 0 Å². The fourth-order valence-electron chi connectivity index (χ4n) is 1.97. The van der Waals surface area contributed by atoms with Gasteiger partial charge in [0.1, 0.15) is 6.54 Å². The molecule has 1 heterocycles. The van der Waals surface area contributed by atoms with Crippen LogP contribution in [0.4, 0.5) is 0 Å². The van der Waals surface area contributed by atoms with Crippen LogP contribution in [0.1, 0.15) is 5.56 Å². The Hall–Kier alpha value is -2.09. The van der Waals surface area contributed by atoms with Crippen molar-refractivity contribution in [1.29, 1.82) is 0 Å². The normalized spacial score (nSPS) is 10.8. The number of aromatic amines is 1.